The average Bonchev–Trinajstić information content (AvgIpc) is 3.63. The monoisotopic (exact) mass is 586 g/mol. The molecular weight excluding hydrogens is 560 g/mol. The van der Waals surface area contributed by atoms with Crippen molar-refractivity contribution in [1.82, 2.24) is 19.1 Å². The van der Waals surface area contributed by atoms with Gasteiger partial charge >= 0.3 is 0 Å². The summed E-state index contributed by atoms with van der Waals surface area (Å²) in [4.78, 5) is 10.5. The van der Waals surface area contributed by atoms with Crippen molar-refractivity contribution >= 4 is 65.3 Å². The third-order valence-corrected chi connectivity index (χ3v) is 9.33. The van der Waals surface area contributed by atoms with Gasteiger partial charge in [0.15, 0.2) is 0 Å². The average molecular weight is 587 g/mol. The maximum Gasteiger partial charge on any atom is 0.235 e. The number of rotatable bonds is 3. The standard InChI is InChI=1S/C42H26N4/c1-2-14-29-27(12-1)13-11-19-33(29)41-34-18-3-7-20-36(34)43-42(44-41)46-39-23-10-6-17-32(39)35-26-28(24-25-40(35)46)45-37-21-8-4-15-30(37)31-16-5-9-22-38(31)45/h1-26H. The number of fused-ring (bicyclic) bond motifs is 8. The second-order valence-electron chi connectivity index (χ2n) is 11.8. The van der Waals surface area contributed by atoms with E-state index in [1.807, 2.05) is 0 Å². The molecule has 10 aromatic rings. The van der Waals surface area contributed by atoms with Gasteiger partial charge in [0.05, 0.1) is 33.3 Å². The quantitative estimate of drug-likeness (QED) is 0.206. The van der Waals surface area contributed by atoms with Crippen molar-refractivity contribution in [1.29, 1.82) is 0 Å². The Balaban J connectivity index is 1.27. The molecule has 7 aromatic carbocycles. The van der Waals surface area contributed by atoms with Crippen LogP contribution < -0.4 is 0 Å². The fourth-order valence-electron chi connectivity index (χ4n) is 7.32. The molecular formula is C42H26N4. The van der Waals surface area contributed by atoms with E-state index in [1.165, 1.54) is 43.4 Å². The minimum atomic E-state index is 0.664. The Labute approximate surface area is 264 Å². The fourth-order valence-corrected chi connectivity index (χ4v) is 7.32. The molecule has 0 aliphatic carbocycles. The Kier molecular flexibility index (Phi) is 5.25. The van der Waals surface area contributed by atoms with Gasteiger partial charge in [-0.1, -0.05) is 115 Å². The van der Waals surface area contributed by atoms with Crippen LogP contribution in [0.25, 0.3) is 88.2 Å². The predicted molar refractivity (Wildman–Crippen MR) is 191 cm³/mol. The Morgan fingerprint density at radius 2 is 0.913 bits per heavy atom. The highest BCUT2D eigenvalue weighted by Gasteiger charge is 2.19. The lowest BCUT2D eigenvalue weighted by Crippen LogP contribution is -2.03. The summed E-state index contributed by atoms with van der Waals surface area (Å²) in [5.41, 5.74) is 8.64. The van der Waals surface area contributed by atoms with Crippen LogP contribution in [0.1, 0.15) is 0 Å². The maximum atomic E-state index is 5.36. The number of benzene rings is 7. The number of hydrogen-bond donors (Lipinski definition) is 0. The van der Waals surface area contributed by atoms with Crippen LogP contribution in [-0.4, -0.2) is 19.1 Å². The van der Waals surface area contributed by atoms with Crippen molar-refractivity contribution in [3.05, 3.63) is 158 Å². The summed E-state index contributed by atoms with van der Waals surface area (Å²) in [6, 6.07) is 56.0. The van der Waals surface area contributed by atoms with Gasteiger partial charge in [-0.05, 0) is 53.2 Å². The molecule has 0 atom stereocenters. The fraction of sp³-hybridized carbons (Fsp3) is 0. The van der Waals surface area contributed by atoms with Crippen molar-refractivity contribution in [2.75, 3.05) is 0 Å². The number of nitrogens with zero attached hydrogens (tertiary/aromatic N) is 4. The molecule has 4 heteroatoms. The Bertz CT molecular complexity index is 2760. The normalized spacial score (nSPS) is 11.9. The number of aromatic nitrogens is 4. The van der Waals surface area contributed by atoms with Crippen molar-refractivity contribution in [3.63, 3.8) is 0 Å². The third-order valence-electron chi connectivity index (χ3n) is 9.33. The highest BCUT2D eigenvalue weighted by molar-refractivity contribution is 6.12. The third kappa shape index (κ3) is 3.55. The molecule has 0 saturated carbocycles. The molecule has 3 aromatic heterocycles. The van der Waals surface area contributed by atoms with Gasteiger partial charge in [-0.15, -0.1) is 0 Å². The summed E-state index contributed by atoms with van der Waals surface area (Å²) in [5.74, 6) is 0.664. The molecule has 0 radical (unpaired) electrons. The maximum absolute atomic E-state index is 5.36. The Morgan fingerprint density at radius 3 is 1.65 bits per heavy atom. The lowest BCUT2D eigenvalue weighted by Gasteiger charge is -2.13. The van der Waals surface area contributed by atoms with E-state index in [9.17, 15) is 0 Å². The van der Waals surface area contributed by atoms with Gasteiger partial charge in [-0.3, -0.25) is 4.57 Å². The van der Waals surface area contributed by atoms with Gasteiger partial charge in [0.2, 0.25) is 5.95 Å². The van der Waals surface area contributed by atoms with Crippen LogP contribution in [0, 0.1) is 0 Å². The van der Waals surface area contributed by atoms with E-state index in [-0.39, 0.29) is 0 Å². The summed E-state index contributed by atoms with van der Waals surface area (Å²) < 4.78 is 4.60. The summed E-state index contributed by atoms with van der Waals surface area (Å²) in [6.45, 7) is 0. The van der Waals surface area contributed by atoms with Gasteiger partial charge < -0.3 is 4.57 Å². The van der Waals surface area contributed by atoms with Gasteiger partial charge in [0.1, 0.15) is 0 Å². The number of hydrogen-bond acceptors (Lipinski definition) is 2. The van der Waals surface area contributed by atoms with Crippen LogP contribution in [0.15, 0.2) is 158 Å². The van der Waals surface area contributed by atoms with Gasteiger partial charge in [0, 0.05) is 38.2 Å². The lowest BCUT2D eigenvalue weighted by molar-refractivity contribution is 1.01. The van der Waals surface area contributed by atoms with Gasteiger partial charge in [0.25, 0.3) is 0 Å². The molecule has 0 saturated heterocycles. The molecule has 0 aliphatic heterocycles. The molecule has 0 aliphatic rings. The summed E-state index contributed by atoms with van der Waals surface area (Å²) in [7, 11) is 0. The molecule has 0 unspecified atom stereocenters. The van der Waals surface area contributed by atoms with Crippen LogP contribution in [0.3, 0.4) is 0 Å². The SMILES string of the molecule is c1ccc2c(-c3nc(-n4c5ccccc5c5cc(-n6c7ccccc7c7ccccc76)ccc54)nc4ccccc34)cccc2c1. The number of para-hydroxylation sites is 4. The van der Waals surface area contributed by atoms with E-state index in [0.717, 1.165) is 38.9 Å². The zero-order valence-corrected chi connectivity index (χ0v) is 24.8. The summed E-state index contributed by atoms with van der Waals surface area (Å²) >= 11 is 0. The van der Waals surface area contributed by atoms with E-state index in [1.54, 1.807) is 0 Å². The van der Waals surface area contributed by atoms with Crippen molar-refractivity contribution in [2.24, 2.45) is 0 Å². The second kappa shape index (κ2) is 9.62. The largest absolute Gasteiger partial charge is 0.309 e. The van der Waals surface area contributed by atoms with Crippen molar-refractivity contribution in [2.45, 2.75) is 0 Å². The van der Waals surface area contributed by atoms with E-state index < -0.39 is 0 Å². The smallest absolute Gasteiger partial charge is 0.235 e. The first-order chi connectivity index (χ1) is 22.8. The molecule has 3 heterocycles. The lowest BCUT2D eigenvalue weighted by atomic mass is 9.99. The first kappa shape index (κ1) is 25.1. The molecule has 214 valence electrons. The predicted octanol–water partition coefficient (Wildman–Crippen LogP) is 10.6. The van der Waals surface area contributed by atoms with Crippen LogP contribution in [0.4, 0.5) is 0 Å². The van der Waals surface area contributed by atoms with Gasteiger partial charge in [-0.25, -0.2) is 9.97 Å². The van der Waals surface area contributed by atoms with Crippen LogP contribution in [-0.2, 0) is 0 Å². The second-order valence-corrected chi connectivity index (χ2v) is 11.8. The van der Waals surface area contributed by atoms with Crippen LogP contribution in [0.5, 0.6) is 0 Å². The van der Waals surface area contributed by atoms with Gasteiger partial charge in [-0.2, -0.15) is 0 Å². The molecule has 10 rings (SSSR count). The first-order valence-corrected chi connectivity index (χ1v) is 15.6. The minimum Gasteiger partial charge on any atom is -0.309 e. The van der Waals surface area contributed by atoms with Crippen LogP contribution in [0.2, 0.25) is 0 Å². The van der Waals surface area contributed by atoms with Crippen LogP contribution >= 0.6 is 0 Å². The Morgan fingerprint density at radius 1 is 0.370 bits per heavy atom. The molecule has 4 nitrogen and oxygen atoms in total. The molecule has 0 spiro atoms. The van der Waals surface area contributed by atoms with E-state index in [0.29, 0.717) is 5.95 Å². The molecule has 0 amide bonds. The highest BCUT2D eigenvalue weighted by atomic mass is 15.2. The van der Waals surface area contributed by atoms with E-state index in [2.05, 4.69) is 167 Å². The summed E-state index contributed by atoms with van der Waals surface area (Å²) in [5, 5.41) is 8.26. The summed E-state index contributed by atoms with van der Waals surface area (Å²) in [6.07, 6.45) is 0. The topological polar surface area (TPSA) is 35.6 Å². The first-order valence-electron chi connectivity index (χ1n) is 15.6. The molecule has 0 N–H and O–H groups in total. The van der Waals surface area contributed by atoms with Crippen molar-refractivity contribution < 1.29 is 0 Å². The molecule has 0 bridgehead atoms. The van der Waals surface area contributed by atoms with E-state index >= 15 is 0 Å². The molecule has 0 fully saturated rings. The minimum absolute atomic E-state index is 0.664. The molecule has 46 heavy (non-hydrogen) atoms. The highest BCUT2D eigenvalue weighted by Crippen LogP contribution is 2.38. The van der Waals surface area contributed by atoms with E-state index in [4.69, 9.17) is 9.97 Å². The Hall–Kier alpha value is -6.26. The zero-order valence-electron chi connectivity index (χ0n) is 24.8. The zero-order chi connectivity index (χ0) is 30.2. The van der Waals surface area contributed by atoms with Crippen molar-refractivity contribution in [3.8, 4) is 22.9 Å².